The lowest BCUT2D eigenvalue weighted by molar-refractivity contribution is 0.122. The molecule has 2 aliphatic rings. The van der Waals surface area contributed by atoms with E-state index in [-0.39, 0.29) is 0 Å². The first-order chi connectivity index (χ1) is 9.10. The molecule has 2 saturated carbocycles. The van der Waals surface area contributed by atoms with Crippen molar-refractivity contribution in [3.05, 3.63) is 11.3 Å². The Morgan fingerprint density at radius 3 is 2.79 bits per heavy atom. The number of ether oxygens (including phenoxy) is 1. The highest BCUT2D eigenvalue weighted by molar-refractivity contribution is 5.33. The lowest BCUT2D eigenvalue weighted by Crippen LogP contribution is -2.15. The molecular weight excluding hydrogens is 240 g/mol. The highest BCUT2D eigenvalue weighted by atomic mass is 16.5. The zero-order valence-electron chi connectivity index (χ0n) is 12.1. The minimum atomic E-state index is -0.437. The Bertz CT molecular complexity index is 469. The van der Waals surface area contributed by atoms with E-state index in [4.69, 9.17) is 4.74 Å². The summed E-state index contributed by atoms with van der Waals surface area (Å²) in [5, 5.41) is 14.9. The highest BCUT2D eigenvalue weighted by Gasteiger charge is 2.40. The quantitative estimate of drug-likeness (QED) is 0.909. The monoisotopic (exact) mass is 264 g/mol. The molecule has 0 aliphatic heterocycles. The molecule has 1 heterocycles. The molecule has 2 fully saturated rings. The third kappa shape index (κ3) is 2.16. The molecule has 0 amide bonds. The van der Waals surface area contributed by atoms with Gasteiger partial charge in [0.15, 0.2) is 0 Å². The molecule has 4 heteroatoms. The maximum Gasteiger partial charge on any atom is 0.217 e. The summed E-state index contributed by atoms with van der Waals surface area (Å²) in [5.74, 6) is 3.17. The lowest BCUT2D eigenvalue weighted by Gasteiger charge is -2.24. The third-order valence-electron chi connectivity index (χ3n) is 5.15. The second kappa shape index (κ2) is 4.82. The van der Waals surface area contributed by atoms with Gasteiger partial charge in [0, 0.05) is 7.05 Å². The van der Waals surface area contributed by atoms with Crippen molar-refractivity contribution in [3.8, 4) is 5.88 Å². The van der Waals surface area contributed by atoms with Gasteiger partial charge in [0.2, 0.25) is 5.88 Å². The number of aryl methyl sites for hydroxylation is 2. The maximum atomic E-state index is 10.6. The molecular formula is C15H24N2O2. The average molecular weight is 264 g/mol. The van der Waals surface area contributed by atoms with E-state index in [9.17, 15) is 5.11 Å². The van der Waals surface area contributed by atoms with Crippen LogP contribution < -0.4 is 4.74 Å². The Morgan fingerprint density at radius 1 is 1.42 bits per heavy atom. The fourth-order valence-electron chi connectivity index (χ4n) is 4.35. The molecule has 2 bridgehead atoms. The number of aliphatic hydroxyl groups is 1. The van der Waals surface area contributed by atoms with Gasteiger partial charge in [0.1, 0.15) is 0 Å². The number of hydrogen-bond acceptors (Lipinski definition) is 3. The number of methoxy groups -OCH3 is 1. The molecule has 4 unspecified atom stereocenters. The summed E-state index contributed by atoms with van der Waals surface area (Å²) in [7, 11) is 3.50. The van der Waals surface area contributed by atoms with Crippen LogP contribution in [0.5, 0.6) is 5.88 Å². The zero-order valence-corrected chi connectivity index (χ0v) is 12.1. The van der Waals surface area contributed by atoms with E-state index >= 15 is 0 Å². The predicted octanol–water partition coefficient (Wildman–Crippen LogP) is 2.60. The molecule has 106 valence electrons. The zero-order chi connectivity index (χ0) is 13.6. The average Bonchev–Trinajstić information content (AvgIpc) is 3.02. The minimum absolute atomic E-state index is 0.437. The molecule has 1 aromatic heterocycles. The molecule has 1 N–H and O–H groups in total. The number of aliphatic hydroxyl groups excluding tert-OH is 1. The van der Waals surface area contributed by atoms with Gasteiger partial charge in [-0.3, -0.25) is 0 Å². The number of nitrogens with zero attached hydrogens (tertiary/aromatic N) is 2. The number of fused-ring (bicyclic) bond motifs is 2. The van der Waals surface area contributed by atoms with Crippen LogP contribution in [0.3, 0.4) is 0 Å². The van der Waals surface area contributed by atoms with Crippen LogP contribution in [0.15, 0.2) is 0 Å². The van der Waals surface area contributed by atoms with Crippen LogP contribution in [0.1, 0.15) is 49.5 Å². The molecule has 0 saturated heterocycles. The minimum Gasteiger partial charge on any atom is -0.481 e. The molecule has 19 heavy (non-hydrogen) atoms. The molecule has 0 aromatic carbocycles. The molecule has 4 nitrogen and oxygen atoms in total. The lowest BCUT2D eigenvalue weighted by atomic mass is 9.83. The molecule has 0 spiro atoms. The number of rotatable bonds is 4. The summed E-state index contributed by atoms with van der Waals surface area (Å²) < 4.78 is 7.10. The van der Waals surface area contributed by atoms with E-state index in [0.29, 0.717) is 11.8 Å². The van der Waals surface area contributed by atoms with Crippen LogP contribution in [-0.4, -0.2) is 22.0 Å². The maximum absolute atomic E-state index is 10.6. The van der Waals surface area contributed by atoms with Gasteiger partial charge in [-0.05, 0) is 50.4 Å². The summed E-state index contributed by atoms with van der Waals surface area (Å²) >= 11 is 0. The smallest absolute Gasteiger partial charge is 0.217 e. The fourth-order valence-corrected chi connectivity index (χ4v) is 4.35. The Balaban J connectivity index is 1.75. The first-order valence-corrected chi connectivity index (χ1v) is 7.35. The Labute approximate surface area is 114 Å². The van der Waals surface area contributed by atoms with Gasteiger partial charge in [-0.15, -0.1) is 0 Å². The van der Waals surface area contributed by atoms with E-state index in [1.165, 1.54) is 25.7 Å². The summed E-state index contributed by atoms with van der Waals surface area (Å²) in [4.78, 5) is 0. The van der Waals surface area contributed by atoms with Crippen molar-refractivity contribution in [2.75, 3.05) is 7.11 Å². The van der Waals surface area contributed by atoms with Crippen LogP contribution >= 0.6 is 0 Å². The first-order valence-electron chi connectivity index (χ1n) is 7.35. The number of hydrogen-bond donors (Lipinski definition) is 1. The topological polar surface area (TPSA) is 47.3 Å². The summed E-state index contributed by atoms with van der Waals surface area (Å²) in [5.41, 5.74) is 1.77. The fraction of sp³-hybridized carbons (Fsp3) is 0.800. The molecule has 4 atom stereocenters. The SMILES string of the molecule is COc1c(C(O)CC2CC3CCC2C3)c(C)nn1C. The molecule has 1 aromatic rings. The largest absolute Gasteiger partial charge is 0.481 e. The van der Waals surface area contributed by atoms with Crippen LogP contribution in [0.25, 0.3) is 0 Å². The Kier molecular flexibility index (Phi) is 3.29. The van der Waals surface area contributed by atoms with Crippen molar-refractivity contribution in [3.63, 3.8) is 0 Å². The van der Waals surface area contributed by atoms with Gasteiger partial charge in [-0.2, -0.15) is 5.10 Å². The molecule has 0 radical (unpaired) electrons. The van der Waals surface area contributed by atoms with Crippen molar-refractivity contribution < 1.29 is 9.84 Å². The van der Waals surface area contributed by atoms with Crippen LogP contribution in [0, 0.1) is 24.7 Å². The van der Waals surface area contributed by atoms with Crippen molar-refractivity contribution in [2.45, 2.75) is 45.1 Å². The second-order valence-corrected chi connectivity index (χ2v) is 6.32. The van der Waals surface area contributed by atoms with Crippen LogP contribution in [-0.2, 0) is 7.05 Å². The van der Waals surface area contributed by atoms with Gasteiger partial charge in [0.25, 0.3) is 0 Å². The van der Waals surface area contributed by atoms with Crippen molar-refractivity contribution in [1.82, 2.24) is 9.78 Å². The van der Waals surface area contributed by atoms with Gasteiger partial charge in [-0.25, -0.2) is 4.68 Å². The van der Waals surface area contributed by atoms with Crippen LogP contribution in [0.2, 0.25) is 0 Å². The van der Waals surface area contributed by atoms with E-state index in [1.54, 1.807) is 11.8 Å². The van der Waals surface area contributed by atoms with Gasteiger partial charge < -0.3 is 9.84 Å². The standard InChI is InChI=1S/C15H24N2O2/c1-9-14(15(19-3)17(2)16-9)13(18)8-12-7-10-4-5-11(12)6-10/h10-13,18H,4-8H2,1-3H3. The van der Waals surface area contributed by atoms with E-state index in [0.717, 1.165) is 29.5 Å². The third-order valence-corrected chi connectivity index (χ3v) is 5.15. The first kappa shape index (κ1) is 13.0. The van der Waals surface area contributed by atoms with E-state index < -0.39 is 6.10 Å². The number of aromatic nitrogens is 2. The second-order valence-electron chi connectivity index (χ2n) is 6.32. The predicted molar refractivity (Wildman–Crippen MR) is 73.0 cm³/mol. The highest BCUT2D eigenvalue weighted by Crippen LogP contribution is 2.51. The van der Waals surface area contributed by atoms with Gasteiger partial charge in [0.05, 0.1) is 24.5 Å². The van der Waals surface area contributed by atoms with E-state index in [2.05, 4.69) is 5.10 Å². The van der Waals surface area contributed by atoms with Crippen molar-refractivity contribution in [1.29, 1.82) is 0 Å². The molecule has 2 aliphatic carbocycles. The summed E-state index contributed by atoms with van der Waals surface area (Å²) in [6.07, 6.45) is 5.90. The summed E-state index contributed by atoms with van der Waals surface area (Å²) in [6.45, 7) is 1.95. The molecule has 3 rings (SSSR count). The Hall–Kier alpha value is -1.03. The van der Waals surface area contributed by atoms with Crippen molar-refractivity contribution >= 4 is 0 Å². The van der Waals surface area contributed by atoms with Crippen molar-refractivity contribution in [2.24, 2.45) is 24.8 Å². The summed E-state index contributed by atoms with van der Waals surface area (Å²) in [6, 6.07) is 0. The van der Waals surface area contributed by atoms with Gasteiger partial charge >= 0.3 is 0 Å². The van der Waals surface area contributed by atoms with Crippen LogP contribution in [0.4, 0.5) is 0 Å². The Morgan fingerprint density at radius 2 is 2.21 bits per heavy atom. The van der Waals surface area contributed by atoms with Gasteiger partial charge in [-0.1, -0.05) is 6.42 Å². The van der Waals surface area contributed by atoms with E-state index in [1.807, 2.05) is 14.0 Å². The normalized spacial score (nSPS) is 30.8.